The van der Waals surface area contributed by atoms with Crippen LogP contribution >= 0.6 is 0 Å². The van der Waals surface area contributed by atoms with Gasteiger partial charge in [-0.15, -0.1) is 0 Å². The predicted octanol–water partition coefficient (Wildman–Crippen LogP) is 2.14. The Morgan fingerprint density at radius 3 is 2.78 bits per heavy atom. The fourth-order valence-electron chi connectivity index (χ4n) is 2.61. The first-order chi connectivity index (χ1) is 8.50. The van der Waals surface area contributed by atoms with E-state index in [9.17, 15) is 4.79 Å². The van der Waals surface area contributed by atoms with Gasteiger partial charge in [0.1, 0.15) is 5.82 Å². The van der Waals surface area contributed by atoms with E-state index in [1.807, 2.05) is 30.1 Å². The molecule has 0 aromatic carbocycles. The summed E-state index contributed by atoms with van der Waals surface area (Å²) in [7, 11) is 3.97. The lowest BCUT2D eigenvalue weighted by atomic mass is 10.0. The summed E-state index contributed by atoms with van der Waals surface area (Å²) in [6.07, 6.45) is 4.05. The van der Waals surface area contributed by atoms with Gasteiger partial charge >= 0.3 is 0 Å². The van der Waals surface area contributed by atoms with Crippen molar-refractivity contribution in [3.8, 4) is 0 Å². The van der Waals surface area contributed by atoms with Crippen LogP contribution in [0.25, 0.3) is 0 Å². The van der Waals surface area contributed by atoms with E-state index in [0.29, 0.717) is 0 Å². The Labute approximate surface area is 109 Å². The highest BCUT2D eigenvalue weighted by Crippen LogP contribution is 2.33. The number of carbonyl (C=O) groups is 1. The van der Waals surface area contributed by atoms with E-state index in [1.165, 1.54) is 11.1 Å². The number of hydrogen-bond donors (Lipinski definition) is 0. The van der Waals surface area contributed by atoms with Crippen LogP contribution in [0.3, 0.4) is 0 Å². The molecule has 4 nitrogen and oxygen atoms in total. The molecule has 0 aliphatic carbocycles. The third-order valence-electron chi connectivity index (χ3n) is 3.61. The number of nitrogens with zero attached hydrogens (tertiary/aromatic N) is 3. The van der Waals surface area contributed by atoms with Gasteiger partial charge < -0.3 is 9.80 Å². The van der Waals surface area contributed by atoms with Gasteiger partial charge in [0.2, 0.25) is 5.91 Å². The van der Waals surface area contributed by atoms with Gasteiger partial charge in [-0.2, -0.15) is 0 Å². The maximum Gasteiger partial charge on any atom is 0.219 e. The number of amides is 1. The molecule has 18 heavy (non-hydrogen) atoms. The Hall–Kier alpha value is -1.58. The summed E-state index contributed by atoms with van der Waals surface area (Å²) in [5.74, 6) is 1.12. The van der Waals surface area contributed by atoms with Gasteiger partial charge in [0.15, 0.2) is 0 Å². The summed E-state index contributed by atoms with van der Waals surface area (Å²) in [5.41, 5.74) is 2.40. The average molecular weight is 247 g/mol. The zero-order valence-corrected chi connectivity index (χ0v) is 11.6. The van der Waals surface area contributed by atoms with E-state index in [-0.39, 0.29) is 11.9 Å². The number of carbonyl (C=O) groups excluding carboxylic acids is 1. The van der Waals surface area contributed by atoms with Gasteiger partial charge in [-0.3, -0.25) is 4.79 Å². The fraction of sp³-hybridized carbons (Fsp3) is 0.571. The van der Waals surface area contributed by atoms with E-state index < -0.39 is 0 Å². The fourth-order valence-corrected chi connectivity index (χ4v) is 2.61. The number of hydrogen-bond acceptors (Lipinski definition) is 3. The van der Waals surface area contributed by atoms with Crippen LogP contribution in [-0.4, -0.2) is 36.4 Å². The Morgan fingerprint density at radius 1 is 1.50 bits per heavy atom. The Morgan fingerprint density at radius 2 is 2.22 bits per heavy atom. The largest absolute Gasteiger partial charge is 0.363 e. The summed E-state index contributed by atoms with van der Waals surface area (Å²) >= 11 is 0. The van der Waals surface area contributed by atoms with Gasteiger partial charge in [-0.25, -0.2) is 4.98 Å². The van der Waals surface area contributed by atoms with Crippen LogP contribution in [0.4, 0.5) is 5.82 Å². The smallest absolute Gasteiger partial charge is 0.219 e. The Bertz CT molecular complexity index is 456. The van der Waals surface area contributed by atoms with Crippen molar-refractivity contribution in [1.82, 2.24) is 9.88 Å². The molecule has 0 spiro atoms. The van der Waals surface area contributed by atoms with Crippen molar-refractivity contribution >= 4 is 11.7 Å². The standard InChI is InChI=1S/C14H21N3O/c1-10-8-14(16(3)4)15-9-12(10)13-6-5-7-17(13)11(2)18/h8-9,13H,5-7H2,1-4H3/t13-/m1/s1. The lowest BCUT2D eigenvalue weighted by Crippen LogP contribution is -2.28. The lowest BCUT2D eigenvalue weighted by molar-refractivity contribution is -0.129. The molecule has 0 saturated carbocycles. The topological polar surface area (TPSA) is 36.4 Å². The highest BCUT2D eigenvalue weighted by Gasteiger charge is 2.29. The van der Waals surface area contributed by atoms with Crippen LogP contribution in [-0.2, 0) is 4.79 Å². The SMILES string of the molecule is CC(=O)N1CCC[C@@H]1c1cnc(N(C)C)cc1C. The third-order valence-corrected chi connectivity index (χ3v) is 3.61. The minimum Gasteiger partial charge on any atom is -0.363 e. The van der Waals surface area contributed by atoms with Crippen LogP contribution in [0.15, 0.2) is 12.3 Å². The molecule has 98 valence electrons. The first-order valence-corrected chi connectivity index (χ1v) is 6.41. The quantitative estimate of drug-likeness (QED) is 0.803. The summed E-state index contributed by atoms with van der Waals surface area (Å²) in [6.45, 7) is 4.62. The maximum absolute atomic E-state index is 11.6. The second-order valence-corrected chi connectivity index (χ2v) is 5.16. The molecule has 0 bridgehead atoms. The number of pyridine rings is 1. The highest BCUT2D eigenvalue weighted by atomic mass is 16.2. The molecule has 2 heterocycles. The van der Waals surface area contributed by atoms with Crippen LogP contribution in [0.2, 0.25) is 0 Å². The molecule has 1 aromatic rings. The number of rotatable bonds is 2. The number of anilines is 1. The van der Waals surface area contributed by atoms with Crippen molar-refractivity contribution in [2.24, 2.45) is 0 Å². The zero-order valence-electron chi connectivity index (χ0n) is 11.6. The van der Waals surface area contributed by atoms with Crippen LogP contribution in [0.1, 0.15) is 36.9 Å². The molecule has 0 radical (unpaired) electrons. The maximum atomic E-state index is 11.6. The van der Waals surface area contributed by atoms with Gasteiger partial charge in [0, 0.05) is 33.8 Å². The molecule has 1 aliphatic heterocycles. The van der Waals surface area contributed by atoms with Crippen molar-refractivity contribution in [2.75, 3.05) is 25.5 Å². The molecule has 0 unspecified atom stereocenters. The Kier molecular flexibility index (Phi) is 3.55. The average Bonchev–Trinajstić information content (AvgIpc) is 2.77. The summed E-state index contributed by atoms with van der Waals surface area (Å²) in [6, 6.07) is 2.30. The van der Waals surface area contributed by atoms with E-state index in [0.717, 1.165) is 25.2 Å². The molecule has 4 heteroatoms. The third kappa shape index (κ3) is 2.33. The molecule has 1 aromatic heterocycles. The van der Waals surface area contributed by atoms with Gasteiger partial charge in [-0.05, 0) is 37.0 Å². The first-order valence-electron chi connectivity index (χ1n) is 6.41. The molecular weight excluding hydrogens is 226 g/mol. The van der Waals surface area contributed by atoms with E-state index in [1.54, 1.807) is 6.92 Å². The normalized spacial score (nSPS) is 19.1. The molecule has 1 atom stereocenters. The monoisotopic (exact) mass is 247 g/mol. The molecule has 1 amide bonds. The molecule has 1 saturated heterocycles. The van der Waals surface area contributed by atoms with Crippen LogP contribution in [0, 0.1) is 6.92 Å². The van der Waals surface area contributed by atoms with Gasteiger partial charge in [0.05, 0.1) is 6.04 Å². The van der Waals surface area contributed by atoms with Crippen molar-refractivity contribution in [3.05, 3.63) is 23.4 Å². The number of aromatic nitrogens is 1. The summed E-state index contributed by atoms with van der Waals surface area (Å²) < 4.78 is 0. The molecule has 0 N–H and O–H groups in total. The Balaban J connectivity index is 2.31. The second kappa shape index (κ2) is 4.96. The van der Waals surface area contributed by atoms with Gasteiger partial charge in [-0.1, -0.05) is 0 Å². The van der Waals surface area contributed by atoms with E-state index >= 15 is 0 Å². The zero-order chi connectivity index (χ0) is 13.3. The van der Waals surface area contributed by atoms with Crippen LogP contribution in [0.5, 0.6) is 0 Å². The number of aryl methyl sites for hydroxylation is 1. The van der Waals surface area contributed by atoms with Crippen molar-refractivity contribution < 1.29 is 4.79 Å². The summed E-state index contributed by atoms with van der Waals surface area (Å²) in [5, 5.41) is 0. The van der Waals surface area contributed by atoms with Crippen molar-refractivity contribution in [2.45, 2.75) is 32.7 Å². The minimum absolute atomic E-state index is 0.161. The molecular formula is C14H21N3O. The predicted molar refractivity (Wildman–Crippen MR) is 72.7 cm³/mol. The minimum atomic E-state index is 0.161. The molecule has 1 fully saturated rings. The van der Waals surface area contributed by atoms with E-state index in [2.05, 4.69) is 18.0 Å². The van der Waals surface area contributed by atoms with Crippen molar-refractivity contribution in [3.63, 3.8) is 0 Å². The summed E-state index contributed by atoms with van der Waals surface area (Å²) in [4.78, 5) is 20.0. The molecule has 1 aliphatic rings. The van der Waals surface area contributed by atoms with Crippen molar-refractivity contribution in [1.29, 1.82) is 0 Å². The van der Waals surface area contributed by atoms with Crippen LogP contribution < -0.4 is 4.90 Å². The first kappa shape index (κ1) is 12.9. The number of likely N-dealkylation sites (tertiary alicyclic amines) is 1. The van der Waals surface area contributed by atoms with E-state index in [4.69, 9.17) is 0 Å². The molecule has 2 rings (SSSR count). The second-order valence-electron chi connectivity index (χ2n) is 5.16. The highest BCUT2D eigenvalue weighted by molar-refractivity contribution is 5.74. The lowest BCUT2D eigenvalue weighted by Gasteiger charge is -2.25. The van der Waals surface area contributed by atoms with Gasteiger partial charge in [0.25, 0.3) is 0 Å².